The molecule has 0 N–H and O–H groups in total. The minimum Gasteiger partial charge on any atom is -0.0871 e. The highest BCUT2D eigenvalue weighted by Crippen LogP contribution is 2.13. The van der Waals surface area contributed by atoms with Crippen LogP contribution in [0.25, 0.3) is 16.5 Å². The molecule has 0 atom stereocenters. The first-order chi connectivity index (χ1) is 5.86. The van der Waals surface area contributed by atoms with Crippen LogP contribution in [0.5, 0.6) is 0 Å². The van der Waals surface area contributed by atoms with Crippen molar-refractivity contribution in [1.29, 1.82) is 0 Å². The van der Waals surface area contributed by atoms with Gasteiger partial charge in [-0.15, -0.1) is 0 Å². The average molecular weight is 159 g/mol. The number of allylic oxidation sites excluding steroid dienone is 1. The van der Waals surface area contributed by atoms with E-state index in [0.29, 0.717) is 5.69 Å². The maximum Gasteiger partial charge on any atom is 0.0375 e. The molecule has 1 rings (SSSR count). The summed E-state index contributed by atoms with van der Waals surface area (Å²) in [5, 5.41) is 3.46. The first-order valence-corrected chi connectivity index (χ1v) is 3.64. The molecule has 0 aliphatic rings. The zero-order valence-electron chi connectivity index (χ0n) is 6.81. The van der Waals surface area contributed by atoms with Gasteiger partial charge in [0.1, 0.15) is 0 Å². The van der Waals surface area contributed by atoms with E-state index in [2.05, 4.69) is 10.0 Å². The van der Waals surface area contributed by atoms with Crippen molar-refractivity contribution in [2.45, 2.75) is 6.92 Å². The molecule has 0 fully saturated rings. The van der Waals surface area contributed by atoms with Crippen LogP contribution in [0.1, 0.15) is 12.5 Å². The molecule has 0 unspecified atom stereocenters. The predicted molar refractivity (Wildman–Crippen MR) is 50.0 cm³/mol. The number of rotatable bonds is 2. The fourth-order valence-electron chi connectivity index (χ4n) is 0.896. The molecule has 0 spiro atoms. The van der Waals surface area contributed by atoms with E-state index in [-0.39, 0.29) is 0 Å². The fraction of sp³-hybridized carbons (Fsp3) is 0.111. The minimum absolute atomic E-state index is 0.644. The van der Waals surface area contributed by atoms with Crippen LogP contribution >= 0.6 is 0 Å². The van der Waals surface area contributed by atoms with Gasteiger partial charge in [0.05, 0.1) is 0 Å². The summed E-state index contributed by atoms with van der Waals surface area (Å²) in [6, 6.07) is 7.39. The Balaban J connectivity index is 2.92. The highest BCUT2D eigenvalue weighted by atomic mass is 15.1. The third-order valence-electron chi connectivity index (χ3n) is 1.41. The lowest BCUT2D eigenvalue weighted by atomic mass is 10.2. The molecule has 12 heavy (non-hydrogen) atoms. The summed E-state index contributed by atoms with van der Waals surface area (Å²) < 4.78 is 0. The predicted octanol–water partition coefficient (Wildman–Crippen LogP) is 3.66. The monoisotopic (exact) mass is 159 g/mol. The average Bonchev–Trinajstić information content (AvgIpc) is 2.09. The van der Waals surface area contributed by atoms with E-state index in [1.807, 2.05) is 31.2 Å². The van der Waals surface area contributed by atoms with Gasteiger partial charge in [0.25, 0.3) is 0 Å². The molecule has 0 saturated carbocycles. The zero-order chi connectivity index (χ0) is 8.81. The molecule has 0 aliphatic heterocycles. The third-order valence-corrected chi connectivity index (χ3v) is 1.41. The molecule has 0 bridgehead atoms. The summed E-state index contributed by atoms with van der Waals surface area (Å²) in [7, 11) is 0. The van der Waals surface area contributed by atoms with Gasteiger partial charge in [0.2, 0.25) is 0 Å². The molecule has 0 aliphatic carbocycles. The molecule has 1 aromatic rings. The molecule has 0 heterocycles. The van der Waals surface area contributed by atoms with Crippen LogP contribution in [0.2, 0.25) is 0 Å². The van der Waals surface area contributed by atoms with Crippen LogP contribution in [0.15, 0.2) is 35.5 Å². The Morgan fingerprint density at radius 2 is 2.00 bits per heavy atom. The first kappa shape index (κ1) is 8.37. The normalized spacial score (nSPS) is 9.75. The van der Waals surface area contributed by atoms with Crippen molar-refractivity contribution in [3.63, 3.8) is 0 Å². The van der Waals surface area contributed by atoms with E-state index >= 15 is 0 Å². The van der Waals surface area contributed by atoms with Crippen LogP contribution in [0.4, 0.5) is 5.69 Å². The van der Waals surface area contributed by atoms with Gasteiger partial charge >= 0.3 is 0 Å². The van der Waals surface area contributed by atoms with Gasteiger partial charge in [0, 0.05) is 10.6 Å². The van der Waals surface area contributed by atoms with Gasteiger partial charge in [-0.2, -0.15) is 0 Å². The van der Waals surface area contributed by atoms with Gasteiger partial charge < -0.3 is 0 Å². The Morgan fingerprint density at radius 1 is 1.33 bits per heavy atom. The van der Waals surface area contributed by atoms with Crippen molar-refractivity contribution >= 4 is 11.8 Å². The Hall–Kier alpha value is -1.73. The largest absolute Gasteiger partial charge is 0.0871 e. The number of benzene rings is 1. The lowest BCUT2D eigenvalue weighted by Gasteiger charge is -1.92. The van der Waals surface area contributed by atoms with E-state index in [4.69, 9.17) is 5.53 Å². The molecular weight excluding hydrogens is 150 g/mol. The minimum atomic E-state index is 0.644. The maximum atomic E-state index is 8.14. The third kappa shape index (κ3) is 2.15. The highest BCUT2D eigenvalue weighted by Gasteiger charge is 1.86. The van der Waals surface area contributed by atoms with E-state index in [1.54, 1.807) is 12.1 Å². The zero-order valence-corrected chi connectivity index (χ0v) is 6.81. The number of nitrogens with zero attached hydrogens (tertiary/aromatic N) is 3. The van der Waals surface area contributed by atoms with Gasteiger partial charge in [-0.05, 0) is 18.0 Å². The summed E-state index contributed by atoms with van der Waals surface area (Å²) >= 11 is 0. The Kier molecular flexibility index (Phi) is 2.94. The quantitative estimate of drug-likeness (QED) is 0.359. The van der Waals surface area contributed by atoms with Crippen molar-refractivity contribution in [2.75, 3.05) is 0 Å². The second kappa shape index (κ2) is 4.21. The highest BCUT2D eigenvalue weighted by molar-refractivity contribution is 5.52. The number of hydrogen-bond acceptors (Lipinski definition) is 1. The van der Waals surface area contributed by atoms with Crippen LogP contribution in [-0.4, -0.2) is 0 Å². The summed E-state index contributed by atoms with van der Waals surface area (Å²) in [5.74, 6) is 0. The molecule has 3 nitrogen and oxygen atoms in total. The Labute approximate surface area is 71.0 Å². The van der Waals surface area contributed by atoms with E-state index in [9.17, 15) is 0 Å². The SMILES string of the molecule is CC=Cc1ccc(N=[N+]=[N-])cc1. The first-order valence-electron chi connectivity index (χ1n) is 3.64. The maximum absolute atomic E-state index is 8.14. The second-order valence-electron chi connectivity index (χ2n) is 2.28. The van der Waals surface area contributed by atoms with Crippen LogP contribution < -0.4 is 0 Å². The van der Waals surface area contributed by atoms with Gasteiger partial charge in [-0.25, -0.2) is 0 Å². The van der Waals surface area contributed by atoms with Crippen molar-refractivity contribution in [1.82, 2.24) is 0 Å². The van der Waals surface area contributed by atoms with Crippen LogP contribution in [0.3, 0.4) is 0 Å². The van der Waals surface area contributed by atoms with Crippen molar-refractivity contribution in [3.05, 3.63) is 46.3 Å². The summed E-state index contributed by atoms with van der Waals surface area (Å²) in [6.07, 6.45) is 3.95. The summed E-state index contributed by atoms with van der Waals surface area (Å²) in [5.41, 5.74) is 9.89. The summed E-state index contributed by atoms with van der Waals surface area (Å²) in [4.78, 5) is 2.69. The molecular formula is C9H9N3. The fourth-order valence-corrected chi connectivity index (χ4v) is 0.896. The van der Waals surface area contributed by atoms with E-state index in [0.717, 1.165) is 5.56 Å². The summed E-state index contributed by atoms with van der Waals surface area (Å²) in [6.45, 7) is 1.96. The molecule has 1 aromatic carbocycles. The molecule has 0 saturated heterocycles. The van der Waals surface area contributed by atoms with Crippen molar-refractivity contribution in [2.24, 2.45) is 5.11 Å². The van der Waals surface area contributed by atoms with E-state index < -0.39 is 0 Å². The van der Waals surface area contributed by atoms with Gasteiger partial charge in [0.15, 0.2) is 0 Å². The van der Waals surface area contributed by atoms with Gasteiger partial charge in [-0.1, -0.05) is 41.5 Å². The lowest BCUT2D eigenvalue weighted by molar-refractivity contribution is 1.47. The molecule has 0 radical (unpaired) electrons. The van der Waals surface area contributed by atoms with E-state index in [1.165, 1.54) is 0 Å². The molecule has 0 amide bonds. The van der Waals surface area contributed by atoms with Crippen molar-refractivity contribution in [3.8, 4) is 0 Å². The smallest absolute Gasteiger partial charge is 0.0375 e. The molecule has 60 valence electrons. The topological polar surface area (TPSA) is 48.8 Å². The number of hydrogen-bond donors (Lipinski definition) is 0. The van der Waals surface area contributed by atoms with Crippen LogP contribution in [0, 0.1) is 0 Å². The lowest BCUT2D eigenvalue weighted by Crippen LogP contribution is -1.68. The number of azide groups is 1. The Bertz CT molecular complexity index is 318. The van der Waals surface area contributed by atoms with Crippen LogP contribution in [-0.2, 0) is 0 Å². The Morgan fingerprint density at radius 3 is 2.50 bits per heavy atom. The second-order valence-corrected chi connectivity index (χ2v) is 2.28. The van der Waals surface area contributed by atoms with Crippen molar-refractivity contribution < 1.29 is 0 Å². The molecule has 3 heteroatoms. The molecule has 0 aromatic heterocycles. The van der Waals surface area contributed by atoms with Gasteiger partial charge in [-0.3, -0.25) is 0 Å². The standard InChI is InChI=1S/C9H9N3/c1-2-3-8-4-6-9(7-5-8)11-12-10/h2-7H,1H3.